The van der Waals surface area contributed by atoms with Gasteiger partial charge in [-0.25, -0.2) is 4.98 Å². The van der Waals surface area contributed by atoms with Crippen molar-refractivity contribution in [2.75, 3.05) is 13.6 Å². The molecular formula is C16H27IN6S. The summed E-state index contributed by atoms with van der Waals surface area (Å²) in [4.78, 5) is 9.96. The number of thiazole rings is 1. The highest BCUT2D eigenvalue weighted by atomic mass is 127. The van der Waals surface area contributed by atoms with Crippen molar-refractivity contribution in [3.8, 4) is 0 Å². The Morgan fingerprint density at radius 2 is 2.12 bits per heavy atom. The van der Waals surface area contributed by atoms with E-state index in [2.05, 4.69) is 50.3 Å². The Morgan fingerprint density at radius 3 is 2.71 bits per heavy atom. The van der Waals surface area contributed by atoms with Gasteiger partial charge < -0.3 is 10.6 Å². The monoisotopic (exact) mass is 462 g/mol. The molecule has 2 rings (SSSR count). The molecule has 0 unspecified atom stereocenters. The molecule has 0 aliphatic heterocycles. The van der Waals surface area contributed by atoms with Crippen LogP contribution in [0, 0.1) is 13.8 Å². The Labute approximate surface area is 165 Å². The summed E-state index contributed by atoms with van der Waals surface area (Å²) in [5.41, 5.74) is 2.28. The molecule has 6 nitrogen and oxygen atoms in total. The number of aromatic nitrogens is 3. The number of hydrogen-bond acceptors (Lipinski definition) is 4. The molecule has 0 aliphatic rings. The van der Waals surface area contributed by atoms with E-state index in [4.69, 9.17) is 0 Å². The van der Waals surface area contributed by atoms with Gasteiger partial charge >= 0.3 is 0 Å². The predicted molar refractivity (Wildman–Crippen MR) is 111 cm³/mol. The van der Waals surface area contributed by atoms with Gasteiger partial charge in [-0.1, -0.05) is 6.92 Å². The molecular weight excluding hydrogens is 435 g/mol. The van der Waals surface area contributed by atoms with E-state index < -0.39 is 0 Å². The topological polar surface area (TPSA) is 67.1 Å². The maximum absolute atomic E-state index is 4.47. The number of nitrogens with zero attached hydrogens (tertiary/aromatic N) is 4. The number of hydrogen-bond donors (Lipinski definition) is 2. The largest absolute Gasteiger partial charge is 0.356 e. The number of nitrogens with one attached hydrogen (secondary N) is 2. The Morgan fingerprint density at radius 1 is 1.33 bits per heavy atom. The van der Waals surface area contributed by atoms with Crippen LogP contribution in [0.5, 0.6) is 0 Å². The van der Waals surface area contributed by atoms with Gasteiger partial charge in [0.05, 0.1) is 12.2 Å². The fourth-order valence-corrected chi connectivity index (χ4v) is 3.11. The summed E-state index contributed by atoms with van der Waals surface area (Å²) in [6.07, 6.45) is 3.99. The molecule has 2 aromatic heterocycles. The van der Waals surface area contributed by atoms with E-state index in [0.29, 0.717) is 6.54 Å². The summed E-state index contributed by atoms with van der Waals surface area (Å²) >= 11 is 1.75. The van der Waals surface area contributed by atoms with Crippen LogP contribution in [0.4, 0.5) is 0 Å². The molecule has 0 spiro atoms. The van der Waals surface area contributed by atoms with E-state index in [1.165, 1.54) is 10.6 Å². The van der Waals surface area contributed by atoms with Crippen molar-refractivity contribution in [2.45, 2.75) is 46.7 Å². The van der Waals surface area contributed by atoms with Crippen LogP contribution in [0.15, 0.2) is 17.3 Å². The quantitative estimate of drug-likeness (QED) is 0.288. The highest BCUT2D eigenvalue weighted by Crippen LogP contribution is 2.12. The minimum Gasteiger partial charge on any atom is -0.356 e. The van der Waals surface area contributed by atoms with Gasteiger partial charge in [0.1, 0.15) is 5.01 Å². The van der Waals surface area contributed by atoms with Crippen molar-refractivity contribution < 1.29 is 0 Å². The average Bonchev–Trinajstić information content (AvgIpc) is 3.12. The molecule has 0 saturated heterocycles. The van der Waals surface area contributed by atoms with Crippen molar-refractivity contribution in [1.82, 2.24) is 25.4 Å². The lowest BCUT2D eigenvalue weighted by Gasteiger charge is -2.11. The van der Waals surface area contributed by atoms with Crippen molar-refractivity contribution >= 4 is 41.3 Å². The smallest absolute Gasteiger partial charge is 0.191 e. The van der Waals surface area contributed by atoms with E-state index in [1.807, 2.05) is 13.1 Å². The Bertz CT molecular complexity index is 649. The van der Waals surface area contributed by atoms with E-state index >= 15 is 0 Å². The fourth-order valence-electron chi connectivity index (χ4n) is 2.31. The van der Waals surface area contributed by atoms with Crippen LogP contribution in [0.25, 0.3) is 0 Å². The molecule has 0 fully saturated rings. The maximum Gasteiger partial charge on any atom is 0.191 e. The lowest BCUT2D eigenvalue weighted by atomic mass is 10.4. The molecule has 0 aliphatic carbocycles. The molecule has 0 saturated carbocycles. The van der Waals surface area contributed by atoms with Gasteiger partial charge in [0, 0.05) is 36.9 Å². The van der Waals surface area contributed by atoms with Crippen LogP contribution in [0.3, 0.4) is 0 Å². The third-order valence-electron chi connectivity index (χ3n) is 3.52. The van der Waals surface area contributed by atoms with Gasteiger partial charge in [-0.15, -0.1) is 35.3 Å². The molecule has 24 heavy (non-hydrogen) atoms. The molecule has 8 heteroatoms. The molecule has 2 heterocycles. The molecule has 0 radical (unpaired) electrons. The second kappa shape index (κ2) is 10.7. The van der Waals surface area contributed by atoms with Crippen molar-refractivity contribution in [2.24, 2.45) is 4.99 Å². The van der Waals surface area contributed by atoms with Crippen molar-refractivity contribution in [3.05, 3.63) is 33.5 Å². The zero-order chi connectivity index (χ0) is 16.7. The molecule has 2 N–H and O–H groups in total. The summed E-state index contributed by atoms with van der Waals surface area (Å²) in [6.45, 7) is 8.74. The molecule has 2 aromatic rings. The molecule has 0 bridgehead atoms. The first kappa shape index (κ1) is 20.9. The lowest BCUT2D eigenvalue weighted by molar-refractivity contribution is 0.555. The van der Waals surface area contributed by atoms with Gasteiger partial charge in [0.2, 0.25) is 0 Å². The average molecular weight is 462 g/mol. The SMILES string of the molecule is CCc1cnc(CNC(=NC)NCCCn2nc(C)cc2C)s1.I. The second-order valence-corrected chi connectivity index (χ2v) is 6.63. The third-order valence-corrected chi connectivity index (χ3v) is 4.66. The van der Waals surface area contributed by atoms with Gasteiger partial charge in [0.15, 0.2) is 5.96 Å². The third kappa shape index (κ3) is 6.39. The molecule has 0 amide bonds. The number of rotatable bonds is 7. The van der Waals surface area contributed by atoms with Crippen LogP contribution < -0.4 is 10.6 Å². The summed E-state index contributed by atoms with van der Waals surface area (Å²) in [5, 5.41) is 12.2. The Hall–Kier alpha value is -1.16. The highest BCUT2D eigenvalue weighted by Gasteiger charge is 2.03. The summed E-state index contributed by atoms with van der Waals surface area (Å²) in [5.74, 6) is 0.812. The minimum absolute atomic E-state index is 0. The minimum atomic E-state index is 0. The first-order valence-corrected chi connectivity index (χ1v) is 8.83. The van der Waals surface area contributed by atoms with Crippen LogP contribution in [-0.2, 0) is 19.5 Å². The van der Waals surface area contributed by atoms with Gasteiger partial charge in [0.25, 0.3) is 0 Å². The van der Waals surface area contributed by atoms with Gasteiger partial charge in [-0.2, -0.15) is 5.10 Å². The van der Waals surface area contributed by atoms with Crippen molar-refractivity contribution in [1.29, 1.82) is 0 Å². The molecule has 0 aromatic carbocycles. The second-order valence-electron chi connectivity index (χ2n) is 5.43. The van der Waals surface area contributed by atoms with Crippen LogP contribution in [-0.4, -0.2) is 34.3 Å². The molecule has 0 atom stereocenters. The van der Waals surface area contributed by atoms with Crippen LogP contribution in [0.2, 0.25) is 0 Å². The Kier molecular flexibility index (Phi) is 9.27. The van der Waals surface area contributed by atoms with Gasteiger partial charge in [-0.05, 0) is 32.8 Å². The maximum atomic E-state index is 4.47. The summed E-state index contributed by atoms with van der Waals surface area (Å²) < 4.78 is 2.05. The number of guanidine groups is 1. The van der Waals surface area contributed by atoms with Crippen LogP contribution >= 0.6 is 35.3 Å². The first-order valence-electron chi connectivity index (χ1n) is 8.01. The number of halogens is 1. The zero-order valence-corrected chi connectivity index (χ0v) is 17.9. The van der Waals surface area contributed by atoms with E-state index in [1.54, 1.807) is 18.4 Å². The lowest BCUT2D eigenvalue weighted by Crippen LogP contribution is -2.37. The van der Waals surface area contributed by atoms with E-state index in [9.17, 15) is 0 Å². The van der Waals surface area contributed by atoms with E-state index in [-0.39, 0.29) is 24.0 Å². The normalized spacial score (nSPS) is 11.2. The highest BCUT2D eigenvalue weighted by molar-refractivity contribution is 14.0. The van der Waals surface area contributed by atoms with Gasteiger partial charge in [-0.3, -0.25) is 9.67 Å². The number of aryl methyl sites for hydroxylation is 4. The standard InChI is InChI=1S/C16H26N6S.HI/c1-5-14-10-19-15(23-14)11-20-16(17-4)18-7-6-8-22-13(3)9-12(2)21-22;/h9-10H,5-8,11H2,1-4H3,(H2,17,18,20);1H. The summed E-state index contributed by atoms with van der Waals surface area (Å²) in [6, 6.07) is 2.10. The summed E-state index contributed by atoms with van der Waals surface area (Å²) in [7, 11) is 1.79. The fraction of sp³-hybridized carbons (Fsp3) is 0.562. The van der Waals surface area contributed by atoms with Crippen molar-refractivity contribution in [3.63, 3.8) is 0 Å². The first-order chi connectivity index (χ1) is 11.1. The Balaban J connectivity index is 0.00000288. The van der Waals surface area contributed by atoms with Crippen LogP contribution in [0.1, 0.15) is 34.6 Å². The van der Waals surface area contributed by atoms with E-state index in [0.717, 1.165) is 42.6 Å². The molecule has 134 valence electrons. The predicted octanol–water partition coefficient (Wildman–Crippen LogP) is 2.89. The zero-order valence-electron chi connectivity index (χ0n) is 14.8. The number of aliphatic imine (C=N–C) groups is 1.